The van der Waals surface area contributed by atoms with Gasteiger partial charge in [-0.1, -0.05) is 12.1 Å². The van der Waals surface area contributed by atoms with Crippen LogP contribution >= 0.6 is 0 Å². The fourth-order valence-electron chi connectivity index (χ4n) is 2.23. The van der Waals surface area contributed by atoms with Crippen LogP contribution in [0.5, 0.6) is 11.5 Å². The van der Waals surface area contributed by atoms with E-state index in [1.807, 2.05) is 13.0 Å². The van der Waals surface area contributed by atoms with Crippen LogP contribution in [0.15, 0.2) is 24.3 Å². The van der Waals surface area contributed by atoms with Gasteiger partial charge < -0.3 is 19.9 Å². The van der Waals surface area contributed by atoms with Crippen LogP contribution in [0.1, 0.15) is 25.3 Å². The van der Waals surface area contributed by atoms with E-state index in [0.717, 1.165) is 31.0 Å². The van der Waals surface area contributed by atoms with E-state index in [1.165, 1.54) is 11.1 Å². The molecule has 2 N–H and O–H groups in total. The van der Waals surface area contributed by atoms with E-state index in [-0.39, 0.29) is 6.61 Å². The van der Waals surface area contributed by atoms with Crippen molar-refractivity contribution in [3.05, 3.63) is 29.8 Å². The highest BCUT2D eigenvalue weighted by molar-refractivity contribution is 5.69. The van der Waals surface area contributed by atoms with Crippen LogP contribution in [0.2, 0.25) is 0 Å². The standard InChI is InChI=1S/C16H23NO3/c1-2-19-16-12-14(13-6-8-17-9-7-13)4-5-15(16)20-11-3-10-18/h4-6,12,17-18H,2-3,7-11H2,1H3. The minimum absolute atomic E-state index is 0.141. The van der Waals surface area contributed by atoms with Gasteiger partial charge in [0.2, 0.25) is 0 Å². The highest BCUT2D eigenvalue weighted by Crippen LogP contribution is 2.32. The first-order valence-corrected chi connectivity index (χ1v) is 7.25. The van der Waals surface area contributed by atoms with E-state index in [9.17, 15) is 0 Å². The Balaban J connectivity index is 2.15. The van der Waals surface area contributed by atoms with E-state index in [1.54, 1.807) is 0 Å². The Morgan fingerprint density at radius 2 is 2.15 bits per heavy atom. The molecule has 0 spiro atoms. The normalized spacial score (nSPS) is 14.8. The molecule has 4 nitrogen and oxygen atoms in total. The molecule has 2 rings (SSSR count). The molecule has 0 atom stereocenters. The molecule has 0 saturated carbocycles. The minimum Gasteiger partial charge on any atom is -0.490 e. The summed E-state index contributed by atoms with van der Waals surface area (Å²) in [5.74, 6) is 1.53. The van der Waals surface area contributed by atoms with Gasteiger partial charge in [-0.3, -0.25) is 0 Å². The molecular weight excluding hydrogens is 254 g/mol. The number of aliphatic hydroxyl groups excluding tert-OH is 1. The quantitative estimate of drug-likeness (QED) is 0.750. The molecule has 0 unspecified atom stereocenters. The topological polar surface area (TPSA) is 50.7 Å². The van der Waals surface area contributed by atoms with Crippen LogP contribution in [0, 0.1) is 0 Å². The molecule has 0 amide bonds. The number of aliphatic hydroxyl groups is 1. The fourth-order valence-corrected chi connectivity index (χ4v) is 2.23. The third kappa shape index (κ3) is 3.99. The number of hydrogen-bond acceptors (Lipinski definition) is 4. The van der Waals surface area contributed by atoms with Gasteiger partial charge in [-0.2, -0.15) is 0 Å². The maximum Gasteiger partial charge on any atom is 0.161 e. The van der Waals surface area contributed by atoms with Crippen LogP contribution in [-0.4, -0.2) is 38.0 Å². The van der Waals surface area contributed by atoms with Gasteiger partial charge in [0, 0.05) is 19.6 Å². The van der Waals surface area contributed by atoms with E-state index in [2.05, 4.69) is 23.5 Å². The highest BCUT2D eigenvalue weighted by Gasteiger charge is 2.11. The molecule has 1 aliphatic rings. The zero-order valence-corrected chi connectivity index (χ0v) is 12.0. The summed E-state index contributed by atoms with van der Waals surface area (Å²) in [6.07, 6.45) is 3.89. The van der Waals surface area contributed by atoms with Crippen molar-refractivity contribution in [2.75, 3.05) is 32.9 Å². The van der Waals surface area contributed by atoms with Crippen molar-refractivity contribution >= 4 is 5.57 Å². The lowest BCUT2D eigenvalue weighted by Gasteiger charge is -2.17. The second-order valence-electron chi connectivity index (χ2n) is 4.70. The largest absolute Gasteiger partial charge is 0.490 e. The zero-order chi connectivity index (χ0) is 14.2. The molecule has 1 aromatic rings. The Morgan fingerprint density at radius 3 is 2.85 bits per heavy atom. The molecule has 0 bridgehead atoms. The molecule has 20 heavy (non-hydrogen) atoms. The summed E-state index contributed by atoms with van der Waals surface area (Å²) >= 11 is 0. The van der Waals surface area contributed by atoms with E-state index in [0.29, 0.717) is 19.6 Å². The maximum absolute atomic E-state index is 8.81. The van der Waals surface area contributed by atoms with Crippen molar-refractivity contribution in [3.8, 4) is 11.5 Å². The van der Waals surface area contributed by atoms with Crippen LogP contribution in [0.25, 0.3) is 5.57 Å². The van der Waals surface area contributed by atoms with Crippen molar-refractivity contribution in [2.24, 2.45) is 0 Å². The first kappa shape index (κ1) is 14.9. The minimum atomic E-state index is 0.141. The van der Waals surface area contributed by atoms with Gasteiger partial charge in [0.1, 0.15) is 0 Å². The van der Waals surface area contributed by atoms with Gasteiger partial charge in [0.15, 0.2) is 11.5 Å². The zero-order valence-electron chi connectivity index (χ0n) is 12.0. The predicted molar refractivity (Wildman–Crippen MR) is 80.3 cm³/mol. The summed E-state index contributed by atoms with van der Waals surface area (Å²) in [4.78, 5) is 0. The molecule has 1 aliphatic heterocycles. The van der Waals surface area contributed by atoms with E-state index < -0.39 is 0 Å². The van der Waals surface area contributed by atoms with E-state index >= 15 is 0 Å². The van der Waals surface area contributed by atoms with Crippen LogP contribution in [0.4, 0.5) is 0 Å². The molecule has 0 radical (unpaired) electrons. The molecule has 0 aliphatic carbocycles. The van der Waals surface area contributed by atoms with Crippen molar-refractivity contribution in [1.82, 2.24) is 5.32 Å². The Labute approximate surface area is 120 Å². The molecule has 0 saturated heterocycles. The van der Waals surface area contributed by atoms with Gasteiger partial charge in [-0.25, -0.2) is 0 Å². The van der Waals surface area contributed by atoms with Crippen molar-refractivity contribution in [2.45, 2.75) is 19.8 Å². The SMILES string of the molecule is CCOc1cc(C2=CCNCC2)ccc1OCCCO. The molecule has 4 heteroatoms. The van der Waals surface area contributed by atoms with Crippen molar-refractivity contribution < 1.29 is 14.6 Å². The van der Waals surface area contributed by atoms with Gasteiger partial charge in [-0.05, 0) is 43.2 Å². The van der Waals surface area contributed by atoms with Crippen LogP contribution < -0.4 is 14.8 Å². The Kier molecular flexibility index (Phi) is 5.89. The number of hydrogen-bond donors (Lipinski definition) is 2. The highest BCUT2D eigenvalue weighted by atomic mass is 16.5. The second kappa shape index (κ2) is 7.92. The monoisotopic (exact) mass is 277 g/mol. The first-order chi connectivity index (χ1) is 9.85. The predicted octanol–water partition coefficient (Wildman–Crippen LogP) is 2.22. The van der Waals surface area contributed by atoms with Gasteiger partial charge in [0.25, 0.3) is 0 Å². The third-order valence-electron chi connectivity index (χ3n) is 3.24. The first-order valence-electron chi connectivity index (χ1n) is 7.25. The lowest BCUT2D eigenvalue weighted by Crippen LogP contribution is -2.20. The van der Waals surface area contributed by atoms with E-state index in [4.69, 9.17) is 14.6 Å². The average molecular weight is 277 g/mol. The lowest BCUT2D eigenvalue weighted by atomic mass is 10.00. The van der Waals surface area contributed by atoms with Crippen LogP contribution in [0.3, 0.4) is 0 Å². The lowest BCUT2D eigenvalue weighted by molar-refractivity contribution is 0.225. The summed E-state index contributed by atoms with van der Waals surface area (Å²) in [5, 5.41) is 12.1. The molecule has 1 heterocycles. The maximum atomic E-state index is 8.81. The molecule has 0 aromatic heterocycles. The van der Waals surface area contributed by atoms with Crippen molar-refractivity contribution in [1.29, 1.82) is 0 Å². The number of nitrogens with one attached hydrogen (secondary N) is 1. The molecule has 0 fully saturated rings. The Hall–Kier alpha value is -1.52. The Bertz CT molecular complexity index is 457. The average Bonchev–Trinajstić information content (AvgIpc) is 2.50. The smallest absolute Gasteiger partial charge is 0.161 e. The van der Waals surface area contributed by atoms with Crippen LogP contribution in [-0.2, 0) is 0 Å². The summed E-state index contributed by atoms with van der Waals surface area (Å²) in [6, 6.07) is 6.09. The second-order valence-corrected chi connectivity index (χ2v) is 4.70. The van der Waals surface area contributed by atoms with Gasteiger partial charge >= 0.3 is 0 Å². The number of ether oxygens (including phenoxy) is 2. The fraction of sp³-hybridized carbons (Fsp3) is 0.500. The summed E-state index contributed by atoms with van der Waals surface area (Å²) in [7, 11) is 0. The Morgan fingerprint density at radius 1 is 1.25 bits per heavy atom. The number of benzene rings is 1. The third-order valence-corrected chi connectivity index (χ3v) is 3.24. The summed E-state index contributed by atoms with van der Waals surface area (Å²) in [6.45, 7) is 5.16. The van der Waals surface area contributed by atoms with Gasteiger partial charge in [-0.15, -0.1) is 0 Å². The van der Waals surface area contributed by atoms with Gasteiger partial charge in [0.05, 0.1) is 13.2 Å². The molecule has 110 valence electrons. The number of rotatable bonds is 7. The summed E-state index contributed by atoms with van der Waals surface area (Å²) in [5.41, 5.74) is 2.55. The van der Waals surface area contributed by atoms with Crippen molar-refractivity contribution in [3.63, 3.8) is 0 Å². The summed E-state index contributed by atoms with van der Waals surface area (Å²) < 4.78 is 11.3. The molecule has 1 aromatic carbocycles. The molecular formula is C16H23NO3.